The van der Waals surface area contributed by atoms with Gasteiger partial charge in [0, 0.05) is 17.1 Å². The Kier molecular flexibility index (Phi) is 5.17. The fraction of sp³-hybridized carbons (Fsp3) is 0.333. The maximum absolute atomic E-state index is 13.1. The summed E-state index contributed by atoms with van der Waals surface area (Å²) >= 11 is 3.49. The second-order valence-electron chi connectivity index (χ2n) is 6.36. The predicted octanol–water partition coefficient (Wildman–Crippen LogP) is 5.47. The zero-order chi connectivity index (χ0) is 15.5. The van der Waals surface area contributed by atoms with Crippen LogP contribution in [-0.4, -0.2) is 0 Å². The van der Waals surface area contributed by atoms with Gasteiger partial charge in [-0.2, -0.15) is 0 Å². The summed E-state index contributed by atoms with van der Waals surface area (Å²) in [6, 6.07) is 15.2. The number of hydrogen-bond acceptors (Lipinski definition) is 1. The smallest absolute Gasteiger partial charge is 0.123 e. The van der Waals surface area contributed by atoms with E-state index in [1.165, 1.54) is 17.7 Å². The summed E-state index contributed by atoms with van der Waals surface area (Å²) in [6.07, 6.45) is 0. The molecule has 0 radical (unpaired) electrons. The lowest BCUT2D eigenvalue weighted by Gasteiger charge is -2.32. The van der Waals surface area contributed by atoms with Gasteiger partial charge in [-0.05, 0) is 40.8 Å². The SMILES string of the molecule is CC(C)(C)C(NCc1cccc(Br)c1)c1ccc(F)cc1. The van der Waals surface area contributed by atoms with Gasteiger partial charge in [0.2, 0.25) is 0 Å². The van der Waals surface area contributed by atoms with Gasteiger partial charge in [0.05, 0.1) is 0 Å². The maximum Gasteiger partial charge on any atom is 0.123 e. The molecule has 0 aliphatic heterocycles. The minimum absolute atomic E-state index is 0.0455. The molecule has 3 heteroatoms. The van der Waals surface area contributed by atoms with Crippen molar-refractivity contribution in [2.75, 3.05) is 0 Å². The van der Waals surface area contributed by atoms with E-state index >= 15 is 0 Å². The molecule has 0 aliphatic carbocycles. The molecule has 1 nitrogen and oxygen atoms in total. The first-order valence-electron chi connectivity index (χ1n) is 7.09. The monoisotopic (exact) mass is 349 g/mol. The van der Waals surface area contributed by atoms with E-state index in [4.69, 9.17) is 0 Å². The van der Waals surface area contributed by atoms with Crippen LogP contribution in [0.4, 0.5) is 4.39 Å². The zero-order valence-corrected chi connectivity index (χ0v) is 14.2. The lowest BCUT2D eigenvalue weighted by molar-refractivity contribution is 0.271. The molecule has 1 unspecified atom stereocenters. The van der Waals surface area contributed by atoms with E-state index in [1.54, 1.807) is 0 Å². The largest absolute Gasteiger partial charge is 0.305 e. The van der Waals surface area contributed by atoms with Crippen LogP contribution in [0.3, 0.4) is 0 Å². The fourth-order valence-electron chi connectivity index (χ4n) is 2.45. The van der Waals surface area contributed by atoms with E-state index in [2.05, 4.69) is 54.2 Å². The van der Waals surface area contributed by atoms with Gasteiger partial charge in [0.25, 0.3) is 0 Å². The van der Waals surface area contributed by atoms with Crippen molar-refractivity contribution in [2.24, 2.45) is 5.41 Å². The van der Waals surface area contributed by atoms with E-state index in [9.17, 15) is 4.39 Å². The molecule has 2 aromatic carbocycles. The first-order chi connectivity index (χ1) is 9.86. The average Bonchev–Trinajstić information content (AvgIpc) is 2.39. The van der Waals surface area contributed by atoms with Crippen LogP contribution in [0.5, 0.6) is 0 Å². The molecule has 0 aliphatic rings. The maximum atomic E-state index is 13.1. The van der Waals surface area contributed by atoms with Gasteiger partial charge in [-0.15, -0.1) is 0 Å². The van der Waals surface area contributed by atoms with Crippen molar-refractivity contribution in [3.63, 3.8) is 0 Å². The van der Waals surface area contributed by atoms with E-state index in [0.29, 0.717) is 0 Å². The van der Waals surface area contributed by atoms with Crippen molar-refractivity contribution >= 4 is 15.9 Å². The van der Waals surface area contributed by atoms with Gasteiger partial charge in [-0.3, -0.25) is 0 Å². The average molecular weight is 350 g/mol. The highest BCUT2D eigenvalue weighted by atomic mass is 79.9. The summed E-state index contributed by atoms with van der Waals surface area (Å²) in [7, 11) is 0. The molecular weight excluding hydrogens is 329 g/mol. The van der Waals surface area contributed by atoms with Gasteiger partial charge < -0.3 is 5.32 Å². The van der Waals surface area contributed by atoms with Crippen LogP contribution in [0.2, 0.25) is 0 Å². The topological polar surface area (TPSA) is 12.0 Å². The number of hydrogen-bond donors (Lipinski definition) is 1. The highest BCUT2D eigenvalue weighted by Crippen LogP contribution is 2.33. The van der Waals surface area contributed by atoms with E-state index in [0.717, 1.165) is 16.6 Å². The van der Waals surface area contributed by atoms with Gasteiger partial charge in [-0.1, -0.05) is 61.0 Å². The fourth-order valence-corrected chi connectivity index (χ4v) is 2.89. The molecular formula is C18H21BrFN. The third kappa shape index (κ3) is 4.65. The molecule has 0 heterocycles. The normalized spacial score (nSPS) is 13.2. The zero-order valence-electron chi connectivity index (χ0n) is 12.7. The Bertz CT molecular complexity index is 587. The Morgan fingerprint density at radius 3 is 2.33 bits per heavy atom. The lowest BCUT2D eigenvalue weighted by Crippen LogP contribution is -2.32. The molecule has 0 spiro atoms. The number of benzene rings is 2. The molecule has 2 rings (SSSR count). The standard InChI is InChI=1S/C18H21BrFN/c1-18(2,3)17(14-7-9-16(20)10-8-14)21-12-13-5-4-6-15(19)11-13/h4-11,17,21H,12H2,1-3H3. The van der Waals surface area contributed by atoms with Crippen LogP contribution >= 0.6 is 15.9 Å². The van der Waals surface area contributed by atoms with Crippen LogP contribution in [0.15, 0.2) is 53.0 Å². The van der Waals surface area contributed by atoms with Crippen LogP contribution in [0, 0.1) is 11.2 Å². The minimum Gasteiger partial charge on any atom is -0.305 e. The molecule has 0 saturated heterocycles. The summed E-state index contributed by atoms with van der Waals surface area (Å²) in [6.45, 7) is 7.34. The van der Waals surface area contributed by atoms with Crippen LogP contribution in [-0.2, 0) is 6.54 Å². The minimum atomic E-state index is -0.196. The van der Waals surface area contributed by atoms with E-state index in [1.807, 2.05) is 24.3 Å². The second-order valence-corrected chi connectivity index (χ2v) is 7.28. The van der Waals surface area contributed by atoms with E-state index in [-0.39, 0.29) is 17.3 Å². The van der Waals surface area contributed by atoms with E-state index < -0.39 is 0 Å². The van der Waals surface area contributed by atoms with Crippen molar-refractivity contribution in [1.82, 2.24) is 5.32 Å². The van der Waals surface area contributed by atoms with Crippen molar-refractivity contribution in [1.29, 1.82) is 0 Å². The van der Waals surface area contributed by atoms with Gasteiger partial charge in [0.1, 0.15) is 5.82 Å². The van der Waals surface area contributed by atoms with Crippen LogP contribution < -0.4 is 5.32 Å². The molecule has 112 valence electrons. The van der Waals surface area contributed by atoms with Crippen molar-refractivity contribution in [3.8, 4) is 0 Å². The van der Waals surface area contributed by atoms with Gasteiger partial charge >= 0.3 is 0 Å². The molecule has 1 N–H and O–H groups in total. The summed E-state index contributed by atoms with van der Waals surface area (Å²) in [5.41, 5.74) is 2.38. The summed E-state index contributed by atoms with van der Waals surface area (Å²) in [4.78, 5) is 0. The third-order valence-electron chi connectivity index (χ3n) is 3.47. The van der Waals surface area contributed by atoms with Crippen molar-refractivity contribution < 1.29 is 4.39 Å². The van der Waals surface area contributed by atoms with Crippen molar-refractivity contribution in [3.05, 3.63) is 69.9 Å². The Morgan fingerprint density at radius 1 is 1.10 bits per heavy atom. The van der Waals surface area contributed by atoms with Crippen LogP contribution in [0.25, 0.3) is 0 Å². The van der Waals surface area contributed by atoms with Gasteiger partial charge in [-0.25, -0.2) is 4.39 Å². The summed E-state index contributed by atoms with van der Waals surface area (Å²) in [5.74, 6) is -0.196. The summed E-state index contributed by atoms with van der Waals surface area (Å²) < 4.78 is 14.2. The molecule has 0 saturated carbocycles. The molecule has 0 bridgehead atoms. The number of nitrogens with one attached hydrogen (secondary N) is 1. The molecule has 1 atom stereocenters. The highest BCUT2D eigenvalue weighted by molar-refractivity contribution is 9.10. The number of halogens is 2. The molecule has 2 aromatic rings. The molecule has 0 fully saturated rings. The van der Waals surface area contributed by atoms with Crippen molar-refractivity contribution in [2.45, 2.75) is 33.4 Å². The highest BCUT2D eigenvalue weighted by Gasteiger charge is 2.25. The van der Waals surface area contributed by atoms with Crippen LogP contribution in [0.1, 0.15) is 37.9 Å². The Morgan fingerprint density at radius 2 is 1.76 bits per heavy atom. The Labute approximate surface area is 134 Å². The third-order valence-corrected chi connectivity index (χ3v) is 3.96. The second kappa shape index (κ2) is 6.71. The predicted molar refractivity (Wildman–Crippen MR) is 89.6 cm³/mol. The summed E-state index contributed by atoms with van der Waals surface area (Å²) in [5, 5.41) is 3.60. The Balaban J connectivity index is 2.16. The molecule has 21 heavy (non-hydrogen) atoms. The molecule has 0 aromatic heterocycles. The number of rotatable bonds is 4. The van der Waals surface area contributed by atoms with Gasteiger partial charge in [0.15, 0.2) is 0 Å². The quantitative estimate of drug-likeness (QED) is 0.772. The first-order valence-corrected chi connectivity index (χ1v) is 7.89. The molecule has 0 amide bonds. The lowest BCUT2D eigenvalue weighted by atomic mass is 9.82. The Hall–Kier alpha value is -1.19. The first kappa shape index (κ1) is 16.2.